The summed E-state index contributed by atoms with van der Waals surface area (Å²) in [5.74, 6) is -0.847. The van der Waals surface area contributed by atoms with E-state index in [2.05, 4.69) is 24.8 Å². The molecule has 40 heavy (non-hydrogen) atoms. The fourth-order valence-electron chi connectivity index (χ4n) is 3.82. The molecule has 3 aromatic heterocycles. The number of nitrogens with zero attached hydrogens (tertiary/aromatic N) is 4. The number of hydrogen-bond acceptors (Lipinski definition) is 6. The lowest BCUT2D eigenvalue weighted by atomic mass is 10.1. The van der Waals surface area contributed by atoms with Crippen molar-refractivity contribution in [3.8, 4) is 28.3 Å². The van der Waals surface area contributed by atoms with Crippen LogP contribution < -0.4 is 10.1 Å². The first kappa shape index (κ1) is 28.3. The zero-order valence-corrected chi connectivity index (χ0v) is 21.4. The average molecular weight is 554 g/mol. The molecule has 9 nitrogen and oxygen atoms in total. The zero-order valence-electron chi connectivity index (χ0n) is 21.4. The number of pyridine rings is 1. The molecule has 2 N–H and O–H groups in total. The van der Waals surface area contributed by atoms with Gasteiger partial charge >= 0.3 is 12.1 Å². The third-order valence-corrected chi connectivity index (χ3v) is 6.06. The molecule has 0 atom stereocenters. The highest BCUT2D eigenvalue weighted by Gasteiger charge is 2.38. The fraction of sp³-hybridized carbons (Fsp3) is 0.250. The minimum absolute atomic E-state index is 0.110. The summed E-state index contributed by atoms with van der Waals surface area (Å²) in [4.78, 5) is 35.1. The maximum Gasteiger partial charge on any atom is 0.490 e. The Morgan fingerprint density at radius 2 is 1.75 bits per heavy atom. The van der Waals surface area contributed by atoms with Gasteiger partial charge in [0, 0.05) is 66.3 Å². The van der Waals surface area contributed by atoms with E-state index in [0.717, 1.165) is 34.5 Å². The largest absolute Gasteiger partial charge is 0.496 e. The van der Waals surface area contributed by atoms with Crippen LogP contribution in [0, 0.1) is 5.92 Å². The summed E-state index contributed by atoms with van der Waals surface area (Å²) >= 11 is 0. The summed E-state index contributed by atoms with van der Waals surface area (Å²) in [5.41, 5.74) is 4.25. The van der Waals surface area contributed by atoms with E-state index >= 15 is 0 Å². The second-order valence-electron chi connectivity index (χ2n) is 9.04. The Labute approximate surface area is 227 Å². The van der Waals surface area contributed by atoms with Crippen molar-refractivity contribution in [2.75, 3.05) is 7.11 Å². The number of ether oxygens (including phenoxy) is 1. The standard InChI is InChI=1S/C26H25N5O2.C2HF3O2/c1-33-24-7-3-2-5-19(24)13-30-26(32)23-11-21(17-31(23)16-18-8-9-18)22-14-28-25(29-15-22)20-6-4-10-27-12-20;3-2(4,5)1(6)7/h2-7,10-12,14-15,17-18H,8-9,13,16H2,1H3,(H,30,32);(H,6,7). The van der Waals surface area contributed by atoms with Crippen molar-refractivity contribution in [3.63, 3.8) is 0 Å². The molecule has 1 aliphatic carbocycles. The number of aliphatic carboxylic acids is 1. The minimum Gasteiger partial charge on any atom is -0.496 e. The normalized spacial score (nSPS) is 12.7. The van der Waals surface area contributed by atoms with Crippen LogP contribution in [0.4, 0.5) is 13.2 Å². The van der Waals surface area contributed by atoms with Gasteiger partial charge in [-0.05, 0) is 43.0 Å². The molecule has 5 rings (SSSR count). The molecule has 0 aliphatic heterocycles. The third kappa shape index (κ3) is 7.43. The van der Waals surface area contributed by atoms with Gasteiger partial charge in [-0.25, -0.2) is 14.8 Å². The number of methoxy groups -OCH3 is 1. The summed E-state index contributed by atoms with van der Waals surface area (Å²) in [5, 5.41) is 10.2. The summed E-state index contributed by atoms with van der Waals surface area (Å²) in [6.45, 7) is 1.24. The quantitative estimate of drug-likeness (QED) is 0.316. The van der Waals surface area contributed by atoms with E-state index in [4.69, 9.17) is 14.6 Å². The van der Waals surface area contributed by atoms with Crippen LogP contribution in [0.15, 0.2) is 73.4 Å². The molecule has 0 saturated heterocycles. The second-order valence-corrected chi connectivity index (χ2v) is 9.04. The van der Waals surface area contributed by atoms with Crippen molar-refractivity contribution in [2.24, 2.45) is 5.92 Å². The topological polar surface area (TPSA) is 119 Å². The van der Waals surface area contributed by atoms with Gasteiger partial charge in [-0.15, -0.1) is 0 Å². The molecule has 1 fully saturated rings. The molecule has 0 bridgehead atoms. The number of nitrogens with one attached hydrogen (secondary N) is 1. The molecular weight excluding hydrogens is 527 g/mol. The highest BCUT2D eigenvalue weighted by atomic mass is 19.4. The predicted octanol–water partition coefficient (Wildman–Crippen LogP) is 4.99. The van der Waals surface area contributed by atoms with Crippen molar-refractivity contribution in [1.29, 1.82) is 0 Å². The molecule has 0 radical (unpaired) electrons. The van der Waals surface area contributed by atoms with Gasteiger partial charge in [0.15, 0.2) is 5.82 Å². The number of amides is 1. The maximum atomic E-state index is 13.1. The van der Waals surface area contributed by atoms with E-state index in [0.29, 0.717) is 24.0 Å². The van der Waals surface area contributed by atoms with E-state index in [9.17, 15) is 18.0 Å². The molecule has 1 aliphatic rings. The van der Waals surface area contributed by atoms with Gasteiger partial charge in [-0.1, -0.05) is 18.2 Å². The number of benzene rings is 1. The smallest absolute Gasteiger partial charge is 0.490 e. The Bertz CT molecular complexity index is 1450. The second kappa shape index (κ2) is 12.4. The Balaban J connectivity index is 0.000000470. The molecule has 208 valence electrons. The maximum absolute atomic E-state index is 13.1. The lowest BCUT2D eigenvalue weighted by molar-refractivity contribution is -0.192. The SMILES string of the molecule is COc1ccccc1CNC(=O)c1cc(-c2cnc(-c3cccnc3)nc2)cn1CC1CC1.O=C(O)C(F)(F)F. The lowest BCUT2D eigenvalue weighted by Gasteiger charge is -2.11. The number of carboxylic acids is 1. The summed E-state index contributed by atoms with van der Waals surface area (Å²) in [7, 11) is 1.63. The highest BCUT2D eigenvalue weighted by Crippen LogP contribution is 2.32. The Morgan fingerprint density at radius 1 is 1.05 bits per heavy atom. The van der Waals surface area contributed by atoms with E-state index in [1.807, 2.05) is 48.7 Å². The monoisotopic (exact) mass is 553 g/mol. The molecule has 1 amide bonds. The number of halogens is 3. The van der Waals surface area contributed by atoms with Gasteiger partial charge < -0.3 is 19.7 Å². The zero-order chi connectivity index (χ0) is 28.7. The molecule has 0 spiro atoms. The van der Waals surface area contributed by atoms with Gasteiger partial charge in [0.1, 0.15) is 11.4 Å². The fourth-order valence-corrected chi connectivity index (χ4v) is 3.82. The Morgan fingerprint density at radius 3 is 2.35 bits per heavy atom. The highest BCUT2D eigenvalue weighted by molar-refractivity contribution is 5.94. The van der Waals surface area contributed by atoms with E-state index in [1.54, 1.807) is 31.9 Å². The van der Waals surface area contributed by atoms with E-state index in [1.165, 1.54) is 12.8 Å². The van der Waals surface area contributed by atoms with Gasteiger partial charge in [-0.2, -0.15) is 13.2 Å². The van der Waals surface area contributed by atoms with Crippen LogP contribution in [0.5, 0.6) is 5.75 Å². The molecule has 4 aromatic rings. The van der Waals surface area contributed by atoms with Crippen molar-refractivity contribution in [3.05, 3.63) is 84.7 Å². The molecule has 0 unspecified atom stereocenters. The number of rotatable bonds is 8. The molecule has 12 heteroatoms. The van der Waals surface area contributed by atoms with Crippen LogP contribution in [0.1, 0.15) is 28.9 Å². The number of carboxylic acid groups (broad SMARTS) is 1. The molecule has 3 heterocycles. The van der Waals surface area contributed by atoms with Crippen molar-refractivity contribution in [1.82, 2.24) is 24.8 Å². The van der Waals surface area contributed by atoms with E-state index in [-0.39, 0.29) is 5.91 Å². The van der Waals surface area contributed by atoms with Gasteiger partial charge in [0.25, 0.3) is 5.91 Å². The predicted molar refractivity (Wildman–Crippen MR) is 139 cm³/mol. The van der Waals surface area contributed by atoms with Crippen LogP contribution in [0.25, 0.3) is 22.5 Å². The number of aromatic nitrogens is 4. The van der Waals surface area contributed by atoms with Crippen LogP contribution in [-0.2, 0) is 17.9 Å². The minimum atomic E-state index is -5.08. The first-order valence-corrected chi connectivity index (χ1v) is 12.3. The van der Waals surface area contributed by atoms with Gasteiger partial charge in [0.2, 0.25) is 0 Å². The first-order chi connectivity index (χ1) is 19.2. The van der Waals surface area contributed by atoms with Crippen molar-refractivity contribution in [2.45, 2.75) is 32.1 Å². The summed E-state index contributed by atoms with van der Waals surface area (Å²) in [6, 6.07) is 13.4. The number of alkyl halides is 3. The lowest BCUT2D eigenvalue weighted by Crippen LogP contribution is -2.25. The van der Waals surface area contributed by atoms with Crippen LogP contribution in [0.2, 0.25) is 0 Å². The van der Waals surface area contributed by atoms with E-state index < -0.39 is 12.1 Å². The summed E-state index contributed by atoms with van der Waals surface area (Å²) < 4.78 is 39.2. The summed E-state index contributed by atoms with van der Waals surface area (Å²) in [6.07, 6.45) is 6.41. The van der Waals surface area contributed by atoms with Crippen LogP contribution >= 0.6 is 0 Å². The number of carbonyl (C=O) groups is 2. The number of para-hydroxylation sites is 1. The van der Waals surface area contributed by atoms with Gasteiger partial charge in [-0.3, -0.25) is 9.78 Å². The molecular formula is C28H26F3N5O4. The Kier molecular flexibility index (Phi) is 8.77. The van der Waals surface area contributed by atoms with Crippen LogP contribution in [0.3, 0.4) is 0 Å². The van der Waals surface area contributed by atoms with Crippen LogP contribution in [-0.4, -0.2) is 49.8 Å². The van der Waals surface area contributed by atoms with Crippen molar-refractivity contribution < 1.29 is 32.6 Å². The first-order valence-electron chi connectivity index (χ1n) is 12.3. The number of carbonyl (C=O) groups excluding carboxylic acids is 1. The Hall–Kier alpha value is -4.74. The van der Waals surface area contributed by atoms with Gasteiger partial charge in [0.05, 0.1) is 7.11 Å². The molecule has 1 saturated carbocycles. The van der Waals surface area contributed by atoms with Crippen molar-refractivity contribution >= 4 is 11.9 Å². The number of hydrogen-bond donors (Lipinski definition) is 2. The average Bonchev–Trinajstić information content (AvgIpc) is 3.68. The molecule has 1 aromatic carbocycles. The third-order valence-electron chi connectivity index (χ3n) is 6.06.